The number of amides is 2. The summed E-state index contributed by atoms with van der Waals surface area (Å²) in [4.78, 5) is 44.6. The first-order valence-electron chi connectivity index (χ1n) is 12.2. The zero-order chi connectivity index (χ0) is 26.1. The topological polar surface area (TPSA) is 160 Å². The molecule has 0 aliphatic heterocycles. The number of hydrogen-bond acceptors (Lipinski definition) is 6. The molecule has 0 spiro atoms. The third-order valence-electron chi connectivity index (χ3n) is 6.89. The minimum absolute atomic E-state index is 0.0931. The van der Waals surface area contributed by atoms with Crippen LogP contribution in [0.2, 0.25) is 0 Å². The summed E-state index contributed by atoms with van der Waals surface area (Å²) in [6.07, 6.45) is 5.55. The van der Waals surface area contributed by atoms with Crippen molar-refractivity contribution < 1.29 is 24.6 Å². The van der Waals surface area contributed by atoms with Gasteiger partial charge in [-0.05, 0) is 55.3 Å². The lowest BCUT2D eigenvalue weighted by Gasteiger charge is -2.25. The Morgan fingerprint density at radius 1 is 1.00 bits per heavy atom. The Morgan fingerprint density at radius 3 is 2.49 bits per heavy atom. The maximum Gasteiger partial charge on any atom is 0.335 e. The first kappa shape index (κ1) is 24.4. The molecular formula is C27H27N5O5. The van der Waals surface area contributed by atoms with Gasteiger partial charge in [0.25, 0.3) is 5.91 Å². The van der Waals surface area contributed by atoms with Gasteiger partial charge >= 0.3 is 5.97 Å². The second kappa shape index (κ2) is 9.98. The van der Waals surface area contributed by atoms with E-state index in [0.717, 1.165) is 48.0 Å². The molecule has 4 aromatic rings. The van der Waals surface area contributed by atoms with Crippen LogP contribution in [0.1, 0.15) is 59.0 Å². The van der Waals surface area contributed by atoms with E-state index >= 15 is 0 Å². The molecule has 2 aromatic heterocycles. The second-order valence-electron chi connectivity index (χ2n) is 9.32. The predicted octanol–water partition coefficient (Wildman–Crippen LogP) is 3.03. The number of aromatic nitrogens is 3. The normalized spacial score (nSPS) is 15.1. The van der Waals surface area contributed by atoms with Crippen LogP contribution in [0.15, 0.2) is 48.5 Å². The van der Waals surface area contributed by atoms with Crippen molar-refractivity contribution in [3.8, 4) is 11.4 Å². The lowest BCUT2D eigenvalue weighted by atomic mass is 9.94. The van der Waals surface area contributed by atoms with E-state index in [1.54, 1.807) is 30.3 Å². The molecule has 5 rings (SSSR count). The number of aromatic carboxylic acids is 1. The number of aliphatic hydroxyl groups excluding tert-OH is 1. The Labute approximate surface area is 212 Å². The van der Waals surface area contributed by atoms with Crippen molar-refractivity contribution in [1.29, 1.82) is 0 Å². The molecule has 37 heavy (non-hydrogen) atoms. The molecule has 1 atom stereocenters. The number of carbonyl (C=O) groups excluding carboxylic acids is 2. The summed E-state index contributed by atoms with van der Waals surface area (Å²) >= 11 is 0. The van der Waals surface area contributed by atoms with Gasteiger partial charge in [0, 0.05) is 17.0 Å². The van der Waals surface area contributed by atoms with Crippen LogP contribution in [-0.4, -0.2) is 55.2 Å². The number of nitrogens with one attached hydrogen (secondary N) is 1. The summed E-state index contributed by atoms with van der Waals surface area (Å²) in [5.74, 6) is -1.68. The van der Waals surface area contributed by atoms with Gasteiger partial charge in [-0.2, -0.15) is 0 Å². The van der Waals surface area contributed by atoms with Gasteiger partial charge in [0.05, 0.1) is 28.7 Å². The van der Waals surface area contributed by atoms with Crippen LogP contribution < -0.4 is 11.1 Å². The zero-order valence-corrected chi connectivity index (χ0v) is 20.1. The molecule has 1 unspecified atom stereocenters. The van der Waals surface area contributed by atoms with Crippen LogP contribution in [0.25, 0.3) is 33.3 Å². The Balaban J connectivity index is 1.55. The van der Waals surface area contributed by atoms with E-state index in [0.29, 0.717) is 11.0 Å². The number of carbonyl (C=O) groups is 3. The molecular weight excluding hydrogens is 474 g/mol. The predicted molar refractivity (Wildman–Crippen MR) is 137 cm³/mol. The van der Waals surface area contributed by atoms with Crippen LogP contribution >= 0.6 is 0 Å². The van der Waals surface area contributed by atoms with Gasteiger partial charge in [-0.25, -0.2) is 14.8 Å². The van der Waals surface area contributed by atoms with Crippen molar-refractivity contribution in [3.63, 3.8) is 0 Å². The molecule has 10 nitrogen and oxygen atoms in total. The Morgan fingerprint density at radius 2 is 1.78 bits per heavy atom. The average molecular weight is 502 g/mol. The summed E-state index contributed by atoms with van der Waals surface area (Å²) in [6.45, 7) is -0.603. The maximum atomic E-state index is 12.5. The van der Waals surface area contributed by atoms with Crippen LogP contribution in [0.3, 0.4) is 0 Å². The van der Waals surface area contributed by atoms with Crippen LogP contribution in [0.4, 0.5) is 0 Å². The molecule has 1 aliphatic carbocycles. The smallest absolute Gasteiger partial charge is 0.335 e. The van der Waals surface area contributed by atoms with E-state index in [1.165, 1.54) is 6.42 Å². The number of hydrogen-bond donors (Lipinski definition) is 4. The molecule has 0 saturated heterocycles. The highest BCUT2D eigenvalue weighted by molar-refractivity contribution is 5.98. The Kier molecular flexibility index (Phi) is 6.58. The van der Waals surface area contributed by atoms with Gasteiger partial charge in [0.2, 0.25) is 5.91 Å². The van der Waals surface area contributed by atoms with Crippen LogP contribution in [0, 0.1) is 0 Å². The molecule has 190 valence electrons. The summed E-state index contributed by atoms with van der Waals surface area (Å²) in [6, 6.07) is 13.1. The molecule has 2 amide bonds. The second-order valence-corrected chi connectivity index (χ2v) is 9.32. The van der Waals surface area contributed by atoms with Gasteiger partial charge in [0.1, 0.15) is 17.6 Å². The number of imidazole rings is 1. The van der Waals surface area contributed by atoms with E-state index in [-0.39, 0.29) is 17.3 Å². The van der Waals surface area contributed by atoms with Gasteiger partial charge in [-0.15, -0.1) is 0 Å². The number of nitrogens with zero attached hydrogens (tertiary/aromatic N) is 3. The van der Waals surface area contributed by atoms with Gasteiger partial charge < -0.3 is 25.8 Å². The Bertz CT molecular complexity index is 1520. The third kappa shape index (κ3) is 4.75. The van der Waals surface area contributed by atoms with Gasteiger partial charge in [-0.3, -0.25) is 9.59 Å². The number of carboxylic acid groups (broad SMARTS) is 1. The fourth-order valence-electron chi connectivity index (χ4n) is 4.97. The fraction of sp³-hybridized carbons (Fsp3) is 0.296. The summed E-state index contributed by atoms with van der Waals surface area (Å²) in [5, 5.41) is 21.9. The first-order chi connectivity index (χ1) is 17.9. The van der Waals surface area contributed by atoms with Crippen molar-refractivity contribution in [2.75, 3.05) is 6.61 Å². The molecule has 1 saturated carbocycles. The highest BCUT2D eigenvalue weighted by Crippen LogP contribution is 2.36. The molecule has 0 bridgehead atoms. The number of aliphatic hydroxyl groups is 1. The number of primary amides is 1. The molecule has 5 N–H and O–H groups in total. The average Bonchev–Trinajstić information content (AvgIpc) is 3.30. The highest BCUT2D eigenvalue weighted by Gasteiger charge is 2.24. The number of pyridine rings is 1. The number of nitrogens with two attached hydrogens (primary N) is 1. The van der Waals surface area contributed by atoms with Crippen molar-refractivity contribution in [3.05, 3.63) is 59.8 Å². The minimum Gasteiger partial charge on any atom is -0.478 e. The summed E-state index contributed by atoms with van der Waals surface area (Å²) < 4.78 is 2.23. The van der Waals surface area contributed by atoms with Gasteiger partial charge in [0.15, 0.2) is 0 Å². The Hall–Kier alpha value is -4.31. The molecule has 0 radical (unpaired) electrons. The van der Waals surface area contributed by atoms with Crippen molar-refractivity contribution in [1.82, 2.24) is 19.9 Å². The van der Waals surface area contributed by atoms with E-state index in [4.69, 9.17) is 10.7 Å². The number of benzene rings is 2. The van der Waals surface area contributed by atoms with Gasteiger partial charge in [-0.1, -0.05) is 25.3 Å². The molecule has 1 aliphatic rings. The van der Waals surface area contributed by atoms with E-state index in [1.807, 2.05) is 18.2 Å². The third-order valence-corrected chi connectivity index (χ3v) is 6.89. The molecule has 2 heterocycles. The van der Waals surface area contributed by atoms with E-state index in [2.05, 4.69) is 14.9 Å². The van der Waals surface area contributed by atoms with Crippen LogP contribution in [-0.2, 0) is 4.79 Å². The summed E-state index contributed by atoms with van der Waals surface area (Å²) in [5.41, 5.74) is 8.45. The highest BCUT2D eigenvalue weighted by atomic mass is 16.4. The molecule has 10 heteroatoms. The largest absolute Gasteiger partial charge is 0.478 e. The first-order valence-corrected chi connectivity index (χ1v) is 12.2. The summed E-state index contributed by atoms with van der Waals surface area (Å²) in [7, 11) is 0. The molecule has 1 fully saturated rings. The lowest BCUT2D eigenvalue weighted by molar-refractivity contribution is -0.120. The molecule has 2 aromatic carbocycles. The van der Waals surface area contributed by atoms with Crippen LogP contribution in [0.5, 0.6) is 0 Å². The lowest BCUT2D eigenvalue weighted by Crippen LogP contribution is -2.46. The SMILES string of the molecule is NC(=O)C(CO)NC(=O)c1ccc2cc(-c3nc4cc(C(=O)O)ccc4n3C3CCCCC3)ccc2n1. The fourth-order valence-corrected chi connectivity index (χ4v) is 4.97. The van der Waals surface area contributed by atoms with E-state index in [9.17, 15) is 24.6 Å². The standard InChI is InChI=1S/C27H27N5O5/c28-24(34)22(14-33)31-26(35)20-10-6-15-12-16(7-9-19(15)29-20)25-30-21-13-17(27(36)37)8-11-23(21)32(25)18-4-2-1-3-5-18/h6-13,18,22,33H,1-5,14H2,(H2,28,34)(H,31,35)(H,36,37). The monoisotopic (exact) mass is 501 g/mol. The van der Waals surface area contributed by atoms with Crippen molar-refractivity contribution in [2.45, 2.75) is 44.2 Å². The quantitative estimate of drug-likeness (QED) is 0.303. The number of carboxylic acids is 1. The van der Waals surface area contributed by atoms with Crippen molar-refractivity contribution >= 4 is 39.7 Å². The number of fused-ring (bicyclic) bond motifs is 2. The van der Waals surface area contributed by atoms with Crippen molar-refractivity contribution in [2.24, 2.45) is 5.73 Å². The zero-order valence-electron chi connectivity index (χ0n) is 20.1. The number of rotatable bonds is 7. The maximum absolute atomic E-state index is 12.5. The van der Waals surface area contributed by atoms with E-state index < -0.39 is 30.4 Å². The minimum atomic E-state index is -1.19.